The van der Waals surface area contributed by atoms with Gasteiger partial charge in [0, 0.05) is 72.9 Å². The van der Waals surface area contributed by atoms with E-state index >= 15 is 8.78 Å². The quantitative estimate of drug-likeness (QED) is 0.101. The van der Waals surface area contributed by atoms with Crippen LogP contribution in [0.3, 0.4) is 0 Å². The molecule has 7 rings (SSSR count). The summed E-state index contributed by atoms with van der Waals surface area (Å²) in [4.78, 5) is 27.0. The number of anilines is 2. The lowest BCUT2D eigenvalue weighted by atomic mass is 9.97. The normalized spacial score (nSPS) is 15.8. The second-order valence-corrected chi connectivity index (χ2v) is 15.9. The van der Waals surface area contributed by atoms with Gasteiger partial charge in [0.2, 0.25) is 11.9 Å². The van der Waals surface area contributed by atoms with E-state index in [-0.39, 0.29) is 42.5 Å². The minimum Gasteiger partial charge on any atom is -0.487 e. The van der Waals surface area contributed by atoms with E-state index in [0.29, 0.717) is 33.9 Å². The van der Waals surface area contributed by atoms with Crippen molar-refractivity contribution in [1.29, 1.82) is 0 Å². The van der Waals surface area contributed by atoms with Crippen LogP contribution < -0.4 is 19.3 Å². The molecule has 2 aliphatic heterocycles. The Bertz CT molecular complexity index is 2050. The van der Waals surface area contributed by atoms with Gasteiger partial charge in [0.25, 0.3) is 0 Å². The fourth-order valence-corrected chi connectivity index (χ4v) is 7.65. The number of pyridine rings is 1. The maximum absolute atomic E-state index is 15.2. The van der Waals surface area contributed by atoms with Crippen LogP contribution in [0.2, 0.25) is 0 Å². The predicted molar refractivity (Wildman–Crippen MR) is 215 cm³/mol. The average molecular weight is 849 g/mol. The van der Waals surface area contributed by atoms with Gasteiger partial charge in [-0.1, -0.05) is 35.8 Å². The van der Waals surface area contributed by atoms with Gasteiger partial charge >= 0.3 is 0 Å². The van der Waals surface area contributed by atoms with Gasteiger partial charge in [0.15, 0.2) is 34.8 Å². The van der Waals surface area contributed by atoms with Gasteiger partial charge in [-0.05, 0) is 110 Å². The van der Waals surface area contributed by atoms with Crippen LogP contribution in [0.1, 0.15) is 68.7 Å². The summed E-state index contributed by atoms with van der Waals surface area (Å²) >= 11 is 3.08. The van der Waals surface area contributed by atoms with Crippen molar-refractivity contribution in [2.45, 2.75) is 64.7 Å². The molecule has 57 heavy (non-hydrogen) atoms. The van der Waals surface area contributed by atoms with Gasteiger partial charge in [-0.15, -0.1) is 0 Å². The highest BCUT2D eigenvalue weighted by atomic mass is 79.9. The highest BCUT2D eigenvalue weighted by Crippen LogP contribution is 2.32. The van der Waals surface area contributed by atoms with Crippen LogP contribution in [-0.4, -0.2) is 64.3 Å². The van der Waals surface area contributed by atoms with Gasteiger partial charge in [-0.25, -0.2) is 37.5 Å². The number of halogens is 5. The first-order valence-corrected chi connectivity index (χ1v) is 20.4. The minimum atomic E-state index is -0.736. The fraction of sp³-hybridized carbons (Fsp3) is 0.419. The van der Waals surface area contributed by atoms with Crippen molar-refractivity contribution in [2.24, 2.45) is 11.8 Å². The van der Waals surface area contributed by atoms with E-state index < -0.39 is 23.3 Å². The van der Waals surface area contributed by atoms with Crippen LogP contribution in [0.25, 0.3) is 11.1 Å². The molecule has 0 bridgehead atoms. The number of piperidine rings is 2. The van der Waals surface area contributed by atoms with Crippen molar-refractivity contribution in [3.05, 3.63) is 112 Å². The third kappa shape index (κ3) is 10.2. The van der Waals surface area contributed by atoms with Crippen LogP contribution in [0, 0.1) is 35.1 Å². The van der Waals surface area contributed by atoms with Gasteiger partial charge < -0.3 is 19.3 Å². The second kappa shape index (κ2) is 18.6. The largest absolute Gasteiger partial charge is 0.487 e. The van der Waals surface area contributed by atoms with Gasteiger partial charge in [-0.3, -0.25) is 4.98 Å². The Morgan fingerprint density at radius 3 is 1.63 bits per heavy atom. The predicted octanol–water partition coefficient (Wildman–Crippen LogP) is 9.54. The summed E-state index contributed by atoms with van der Waals surface area (Å²) < 4.78 is 70.1. The number of hydrogen-bond donors (Lipinski definition) is 0. The van der Waals surface area contributed by atoms with Crippen LogP contribution in [0.4, 0.5) is 29.5 Å². The van der Waals surface area contributed by atoms with Crippen molar-refractivity contribution in [1.82, 2.24) is 24.9 Å². The van der Waals surface area contributed by atoms with E-state index in [0.717, 1.165) is 81.5 Å². The topological polar surface area (TPSA) is 89.4 Å². The molecule has 0 radical (unpaired) electrons. The molecular weight excluding hydrogens is 802 g/mol. The summed E-state index contributed by atoms with van der Waals surface area (Å²) in [6, 6.07) is 8.70. The van der Waals surface area contributed by atoms with Crippen molar-refractivity contribution in [3.8, 4) is 22.6 Å². The van der Waals surface area contributed by atoms with Gasteiger partial charge in [-0.2, -0.15) is 0 Å². The van der Waals surface area contributed by atoms with Crippen molar-refractivity contribution in [3.63, 3.8) is 0 Å². The number of hydrogen-bond acceptors (Lipinski definition) is 9. The molecule has 2 aliphatic rings. The van der Waals surface area contributed by atoms with E-state index in [1.54, 1.807) is 6.20 Å². The summed E-state index contributed by atoms with van der Waals surface area (Å²) in [5, 5.41) is 0. The molecular formula is C43H46BrF4N7O2. The first-order valence-electron chi connectivity index (χ1n) is 19.6. The van der Waals surface area contributed by atoms with E-state index in [1.165, 1.54) is 24.3 Å². The van der Waals surface area contributed by atoms with Crippen molar-refractivity contribution in [2.75, 3.05) is 49.2 Å². The standard InChI is InChI=1S/C43H46BrF4N7O2/c1-3-28-20-50-42(51-21-28)54-12-8-29(9-13-54)25-56-40-36(45)16-32(17-37(40)46)31-5-7-35(49-22-31)6-4-27(2)33-23-52-43(53-24-33)55-14-10-30(11-15-55)26-57-41-38(47)18-34(44)19-39(41)48/h5,7,16-24,27,29-30H,3-4,6,8-15,25-26H2,1-2H3. The Morgan fingerprint density at radius 1 is 0.667 bits per heavy atom. The summed E-state index contributed by atoms with van der Waals surface area (Å²) in [5.74, 6) is -1.72. The number of benzene rings is 2. The summed E-state index contributed by atoms with van der Waals surface area (Å²) in [5.41, 5.74) is 4.00. The summed E-state index contributed by atoms with van der Waals surface area (Å²) in [6.07, 6.45) is 14.7. The molecule has 0 amide bonds. The molecule has 1 unspecified atom stereocenters. The lowest BCUT2D eigenvalue weighted by molar-refractivity contribution is 0.207. The molecule has 2 aromatic carbocycles. The number of nitrogens with zero attached hydrogens (tertiary/aromatic N) is 7. The molecule has 0 saturated carbocycles. The van der Waals surface area contributed by atoms with Crippen LogP contribution in [-0.2, 0) is 12.8 Å². The van der Waals surface area contributed by atoms with Crippen LogP contribution >= 0.6 is 15.9 Å². The molecule has 2 saturated heterocycles. The number of aromatic nitrogens is 5. The van der Waals surface area contributed by atoms with Crippen molar-refractivity contribution < 1.29 is 27.0 Å². The maximum Gasteiger partial charge on any atom is 0.225 e. The SMILES string of the molecule is CCc1cnc(N2CCC(COc3c(F)cc(-c4ccc(CCC(C)c5cnc(N6CCC(COc7c(F)cc(Br)cc7F)CC6)nc5)nc4)cc3F)CC2)nc1. The fourth-order valence-electron chi connectivity index (χ4n) is 7.25. The van der Waals surface area contributed by atoms with E-state index in [2.05, 4.69) is 64.5 Å². The monoisotopic (exact) mass is 847 g/mol. The molecule has 1 atom stereocenters. The molecule has 300 valence electrons. The molecule has 0 spiro atoms. The number of aryl methyl sites for hydroxylation is 2. The average Bonchev–Trinajstić information content (AvgIpc) is 3.23. The third-order valence-electron chi connectivity index (χ3n) is 11.0. The highest BCUT2D eigenvalue weighted by Gasteiger charge is 2.25. The van der Waals surface area contributed by atoms with E-state index in [4.69, 9.17) is 9.47 Å². The molecule has 5 aromatic rings. The zero-order valence-electron chi connectivity index (χ0n) is 32.1. The lowest BCUT2D eigenvalue weighted by Crippen LogP contribution is -2.36. The lowest BCUT2D eigenvalue weighted by Gasteiger charge is -2.32. The smallest absolute Gasteiger partial charge is 0.225 e. The third-order valence-corrected chi connectivity index (χ3v) is 11.5. The molecule has 5 heterocycles. The molecule has 2 fully saturated rings. The van der Waals surface area contributed by atoms with E-state index in [9.17, 15) is 8.78 Å². The molecule has 14 heteroatoms. The van der Waals surface area contributed by atoms with Crippen LogP contribution in [0.5, 0.6) is 11.5 Å². The molecule has 0 N–H and O–H groups in total. The van der Waals surface area contributed by atoms with E-state index in [1.807, 2.05) is 36.9 Å². The Labute approximate surface area is 339 Å². The highest BCUT2D eigenvalue weighted by molar-refractivity contribution is 9.10. The number of rotatable bonds is 14. The number of ether oxygens (including phenoxy) is 2. The molecule has 3 aromatic heterocycles. The van der Waals surface area contributed by atoms with Gasteiger partial charge in [0.05, 0.1) is 13.2 Å². The van der Waals surface area contributed by atoms with Gasteiger partial charge in [0.1, 0.15) is 0 Å². The zero-order valence-corrected chi connectivity index (χ0v) is 33.7. The van der Waals surface area contributed by atoms with Crippen LogP contribution in [0.15, 0.2) is 71.9 Å². The Hall–Kier alpha value is -4.85. The minimum absolute atomic E-state index is 0.171. The Balaban J connectivity index is 0.843. The summed E-state index contributed by atoms with van der Waals surface area (Å²) in [7, 11) is 0. The first kappa shape index (κ1) is 40.4. The first-order chi connectivity index (χ1) is 27.6. The van der Waals surface area contributed by atoms with Crippen molar-refractivity contribution >= 4 is 27.8 Å². The molecule has 0 aliphatic carbocycles. The Morgan fingerprint density at radius 2 is 1.16 bits per heavy atom. The zero-order chi connectivity index (χ0) is 39.9. The Kier molecular flexibility index (Phi) is 13.2. The maximum atomic E-state index is 15.2. The second-order valence-electron chi connectivity index (χ2n) is 15.0. The summed E-state index contributed by atoms with van der Waals surface area (Å²) in [6.45, 7) is 7.63. The molecule has 9 nitrogen and oxygen atoms in total.